The number of benzene rings is 2. The summed E-state index contributed by atoms with van der Waals surface area (Å²) in [6.45, 7) is 10.3. The van der Waals surface area contributed by atoms with Gasteiger partial charge in [0.25, 0.3) is 0 Å². The number of hydrogen-bond donors (Lipinski definition) is 0. The third-order valence-corrected chi connectivity index (χ3v) is 7.93. The Kier molecular flexibility index (Phi) is 7.58. The van der Waals surface area contributed by atoms with Gasteiger partial charge in [0.15, 0.2) is 6.29 Å². The second-order valence-electron chi connectivity index (χ2n) is 10.5. The highest BCUT2D eigenvalue weighted by Crippen LogP contribution is 2.27. The van der Waals surface area contributed by atoms with E-state index in [-0.39, 0.29) is 24.1 Å². The number of ether oxygens (including phenoxy) is 4. The van der Waals surface area contributed by atoms with Gasteiger partial charge in [0.05, 0.1) is 37.5 Å². The van der Waals surface area contributed by atoms with Crippen LogP contribution in [0.4, 0.5) is 11.4 Å². The van der Waals surface area contributed by atoms with Crippen LogP contribution in [0.1, 0.15) is 26.3 Å². The van der Waals surface area contributed by atoms with Gasteiger partial charge in [-0.2, -0.15) is 5.10 Å². The number of nitrogens with zero attached hydrogens (tertiary/aromatic N) is 5. The second kappa shape index (κ2) is 11.4. The summed E-state index contributed by atoms with van der Waals surface area (Å²) in [5.74, 6) is 1.19. The molecule has 0 amide bonds. The highest BCUT2D eigenvalue weighted by atomic mass is 16.7. The molecule has 0 spiro atoms. The van der Waals surface area contributed by atoms with Crippen molar-refractivity contribution in [3.63, 3.8) is 0 Å². The molecular weight excluding hydrogens is 498 g/mol. The molecule has 0 bridgehead atoms. The van der Waals surface area contributed by atoms with Gasteiger partial charge >= 0.3 is 5.69 Å². The lowest BCUT2D eigenvalue weighted by Crippen LogP contribution is -2.46. The first-order valence-corrected chi connectivity index (χ1v) is 13.9. The SMILES string of the molecule is CCC(C)n1ncn(-c2ccc(N3CCN(c4ccc(OC[C@@H]5COC(C6COC6)O5)cc4)CC3)cc2)c1=O. The summed E-state index contributed by atoms with van der Waals surface area (Å²) in [5, 5.41) is 4.29. The topological polar surface area (TPSA) is 83.2 Å². The van der Waals surface area contributed by atoms with E-state index in [1.54, 1.807) is 15.6 Å². The molecule has 0 saturated carbocycles. The molecule has 3 aromatic rings. The minimum absolute atomic E-state index is 0.0409. The Labute approximate surface area is 228 Å². The molecular formula is C29H37N5O5. The van der Waals surface area contributed by atoms with Crippen LogP contribution in [-0.2, 0) is 14.2 Å². The lowest BCUT2D eigenvalue weighted by atomic mass is 10.1. The Hall–Kier alpha value is -3.34. The lowest BCUT2D eigenvalue weighted by molar-refractivity contribution is -0.178. The highest BCUT2D eigenvalue weighted by Gasteiger charge is 2.37. The summed E-state index contributed by atoms with van der Waals surface area (Å²) in [5.41, 5.74) is 3.09. The molecule has 3 aliphatic rings. The summed E-state index contributed by atoms with van der Waals surface area (Å²) < 4.78 is 26.0. The molecule has 3 fully saturated rings. The van der Waals surface area contributed by atoms with Gasteiger partial charge in [0, 0.05) is 37.6 Å². The third-order valence-electron chi connectivity index (χ3n) is 7.93. The van der Waals surface area contributed by atoms with E-state index in [1.165, 1.54) is 5.69 Å². The minimum Gasteiger partial charge on any atom is -0.491 e. The van der Waals surface area contributed by atoms with Crippen LogP contribution in [0.25, 0.3) is 5.69 Å². The Balaban J connectivity index is 0.986. The van der Waals surface area contributed by atoms with Crippen molar-refractivity contribution in [2.45, 2.75) is 38.7 Å². The molecule has 0 N–H and O–H groups in total. The molecule has 208 valence electrons. The smallest absolute Gasteiger partial charge is 0.350 e. The van der Waals surface area contributed by atoms with Gasteiger partial charge in [-0.3, -0.25) is 0 Å². The summed E-state index contributed by atoms with van der Waals surface area (Å²) in [6, 6.07) is 16.5. The molecule has 6 rings (SSSR count). The second-order valence-corrected chi connectivity index (χ2v) is 10.5. The molecule has 2 aromatic carbocycles. The number of hydrogen-bond acceptors (Lipinski definition) is 8. The van der Waals surface area contributed by atoms with Crippen molar-refractivity contribution in [2.24, 2.45) is 5.92 Å². The molecule has 2 unspecified atom stereocenters. The Morgan fingerprint density at radius 2 is 1.54 bits per heavy atom. The van der Waals surface area contributed by atoms with Crippen LogP contribution >= 0.6 is 0 Å². The third kappa shape index (κ3) is 5.54. The molecule has 3 saturated heterocycles. The van der Waals surface area contributed by atoms with Gasteiger partial charge in [0.2, 0.25) is 0 Å². The molecule has 0 radical (unpaired) electrons. The van der Waals surface area contributed by atoms with Crippen molar-refractivity contribution in [2.75, 3.05) is 62.4 Å². The zero-order valence-electron chi connectivity index (χ0n) is 22.6. The molecule has 4 heterocycles. The fourth-order valence-electron chi connectivity index (χ4n) is 5.17. The van der Waals surface area contributed by atoms with Gasteiger partial charge in [-0.1, -0.05) is 6.92 Å². The predicted molar refractivity (Wildman–Crippen MR) is 148 cm³/mol. The number of rotatable bonds is 9. The van der Waals surface area contributed by atoms with E-state index in [9.17, 15) is 4.79 Å². The van der Waals surface area contributed by atoms with E-state index in [0.717, 1.165) is 49.7 Å². The van der Waals surface area contributed by atoms with Crippen molar-refractivity contribution < 1.29 is 18.9 Å². The van der Waals surface area contributed by atoms with Crippen LogP contribution in [0.15, 0.2) is 59.7 Å². The van der Waals surface area contributed by atoms with Crippen molar-refractivity contribution in [3.8, 4) is 11.4 Å². The van der Waals surface area contributed by atoms with Gasteiger partial charge in [0.1, 0.15) is 24.8 Å². The minimum atomic E-state index is -0.157. The standard InChI is InChI=1S/C29H37N5O5/c1-3-21(2)34-29(35)33(20-30-34)25-6-4-23(5-7-25)31-12-14-32(15-13-31)24-8-10-26(11-9-24)37-18-27-19-38-28(39-27)22-16-36-17-22/h4-11,20-22,27-28H,3,12-19H2,1-2H3/t21?,27-,28?/m1/s1. The van der Waals surface area contributed by atoms with Crippen molar-refractivity contribution in [1.29, 1.82) is 0 Å². The van der Waals surface area contributed by atoms with Gasteiger partial charge < -0.3 is 28.7 Å². The summed E-state index contributed by atoms with van der Waals surface area (Å²) in [6.07, 6.45) is 2.27. The molecule has 0 aliphatic carbocycles. The quantitative estimate of drug-likeness (QED) is 0.414. The zero-order valence-corrected chi connectivity index (χ0v) is 22.6. The Morgan fingerprint density at radius 1 is 0.923 bits per heavy atom. The first kappa shape index (κ1) is 25.9. The van der Waals surface area contributed by atoms with Gasteiger partial charge in [-0.25, -0.2) is 14.0 Å². The van der Waals surface area contributed by atoms with Gasteiger partial charge in [-0.15, -0.1) is 0 Å². The molecule has 3 aliphatic heterocycles. The number of piperazine rings is 1. The maximum Gasteiger partial charge on any atom is 0.350 e. The zero-order chi connectivity index (χ0) is 26.8. The van der Waals surface area contributed by atoms with E-state index < -0.39 is 0 Å². The van der Waals surface area contributed by atoms with Crippen LogP contribution in [-0.4, -0.2) is 79.3 Å². The monoisotopic (exact) mass is 535 g/mol. The molecule has 3 atom stereocenters. The fourth-order valence-corrected chi connectivity index (χ4v) is 5.17. The van der Waals surface area contributed by atoms with E-state index in [2.05, 4.69) is 46.1 Å². The normalized spacial score (nSPS) is 22.6. The van der Waals surface area contributed by atoms with Crippen LogP contribution in [0.2, 0.25) is 0 Å². The highest BCUT2D eigenvalue weighted by molar-refractivity contribution is 5.54. The van der Waals surface area contributed by atoms with E-state index in [1.807, 2.05) is 31.2 Å². The van der Waals surface area contributed by atoms with E-state index in [0.29, 0.717) is 32.3 Å². The first-order chi connectivity index (χ1) is 19.1. The predicted octanol–water partition coefficient (Wildman–Crippen LogP) is 3.10. The van der Waals surface area contributed by atoms with Crippen LogP contribution in [0, 0.1) is 5.92 Å². The van der Waals surface area contributed by atoms with Crippen molar-refractivity contribution in [1.82, 2.24) is 14.3 Å². The summed E-state index contributed by atoms with van der Waals surface area (Å²) in [7, 11) is 0. The maximum absolute atomic E-state index is 12.7. The average Bonchev–Trinajstić information content (AvgIpc) is 3.57. The largest absolute Gasteiger partial charge is 0.491 e. The Morgan fingerprint density at radius 3 is 2.13 bits per heavy atom. The summed E-state index contributed by atoms with van der Waals surface area (Å²) >= 11 is 0. The Bertz CT molecular complexity index is 1280. The molecule has 39 heavy (non-hydrogen) atoms. The number of anilines is 2. The molecule has 10 nitrogen and oxygen atoms in total. The molecule has 1 aromatic heterocycles. The summed E-state index contributed by atoms with van der Waals surface area (Å²) in [4.78, 5) is 17.5. The van der Waals surface area contributed by atoms with Crippen LogP contribution in [0.5, 0.6) is 5.75 Å². The number of aromatic nitrogens is 3. The van der Waals surface area contributed by atoms with Crippen molar-refractivity contribution in [3.05, 3.63) is 65.3 Å². The van der Waals surface area contributed by atoms with Crippen molar-refractivity contribution >= 4 is 11.4 Å². The van der Waals surface area contributed by atoms with E-state index >= 15 is 0 Å². The average molecular weight is 536 g/mol. The molecule has 10 heteroatoms. The van der Waals surface area contributed by atoms with Gasteiger partial charge in [-0.05, 0) is 61.9 Å². The maximum atomic E-state index is 12.7. The van der Waals surface area contributed by atoms with Crippen LogP contribution < -0.4 is 20.2 Å². The van der Waals surface area contributed by atoms with Crippen LogP contribution in [0.3, 0.4) is 0 Å². The van der Waals surface area contributed by atoms with E-state index in [4.69, 9.17) is 18.9 Å². The fraction of sp³-hybridized carbons (Fsp3) is 0.517. The lowest BCUT2D eigenvalue weighted by Gasteiger charge is -2.37. The first-order valence-electron chi connectivity index (χ1n) is 13.9.